The maximum atomic E-state index is 13.0. The first-order valence-electron chi connectivity index (χ1n) is 4.06. The first kappa shape index (κ1) is 8.68. The van der Waals surface area contributed by atoms with E-state index in [0.29, 0.717) is 16.5 Å². The molecule has 0 aliphatic heterocycles. The topological polar surface area (TPSA) is 71.8 Å². The number of amides is 1. The Bertz CT molecular complexity index is 492. The molecule has 0 atom stereocenters. The summed E-state index contributed by atoms with van der Waals surface area (Å²) in [4.78, 5) is 10.7. The molecule has 3 N–H and O–H groups in total. The van der Waals surface area contributed by atoms with E-state index in [9.17, 15) is 9.18 Å². The van der Waals surface area contributed by atoms with E-state index < -0.39 is 11.7 Å². The average Bonchev–Trinajstić information content (AvgIpc) is 2.50. The van der Waals surface area contributed by atoms with Crippen molar-refractivity contribution >= 4 is 16.8 Å². The van der Waals surface area contributed by atoms with E-state index in [0.717, 1.165) is 0 Å². The molecule has 5 heteroatoms. The lowest BCUT2D eigenvalue weighted by Crippen LogP contribution is -2.14. The Balaban J connectivity index is 2.60. The van der Waals surface area contributed by atoms with E-state index >= 15 is 0 Å². The molecule has 1 aromatic carbocycles. The van der Waals surface area contributed by atoms with E-state index in [4.69, 9.17) is 5.73 Å². The molecule has 72 valence electrons. The van der Waals surface area contributed by atoms with Gasteiger partial charge in [-0.15, -0.1) is 0 Å². The molecule has 0 fully saturated rings. The van der Waals surface area contributed by atoms with Gasteiger partial charge in [-0.25, -0.2) is 4.39 Å². The van der Waals surface area contributed by atoms with Gasteiger partial charge in [-0.3, -0.25) is 9.89 Å². The second-order valence-corrected chi connectivity index (χ2v) is 3.04. The van der Waals surface area contributed by atoms with Crippen LogP contribution in [0.5, 0.6) is 0 Å². The number of primary amides is 1. The van der Waals surface area contributed by atoms with E-state index in [2.05, 4.69) is 10.2 Å². The lowest BCUT2D eigenvalue weighted by atomic mass is 10.1. The predicted octanol–water partition coefficient (Wildman–Crippen LogP) is 0.730. The summed E-state index contributed by atoms with van der Waals surface area (Å²) < 4.78 is 13.0. The van der Waals surface area contributed by atoms with Gasteiger partial charge in [0.1, 0.15) is 5.82 Å². The molecular weight excluding hydrogens is 185 g/mol. The Hall–Kier alpha value is -1.91. The number of hydrogen-bond donors (Lipinski definition) is 2. The summed E-state index contributed by atoms with van der Waals surface area (Å²) in [6.45, 7) is 0. The van der Waals surface area contributed by atoms with Crippen molar-refractivity contribution in [1.29, 1.82) is 0 Å². The minimum atomic E-state index is -0.494. The molecule has 0 bridgehead atoms. The largest absolute Gasteiger partial charge is 0.369 e. The molecule has 2 rings (SSSR count). The number of carbonyl (C=O) groups excluding carboxylic acids is 1. The van der Waals surface area contributed by atoms with Gasteiger partial charge in [0.2, 0.25) is 5.91 Å². The molecule has 0 spiro atoms. The summed E-state index contributed by atoms with van der Waals surface area (Å²) in [5, 5.41) is 7.10. The van der Waals surface area contributed by atoms with Crippen LogP contribution in [0.2, 0.25) is 0 Å². The van der Waals surface area contributed by atoms with Crippen LogP contribution < -0.4 is 5.73 Å². The maximum absolute atomic E-state index is 13.0. The molecule has 14 heavy (non-hydrogen) atoms. The molecule has 1 heterocycles. The Morgan fingerprint density at radius 3 is 3.07 bits per heavy atom. The number of carbonyl (C=O) groups is 1. The van der Waals surface area contributed by atoms with E-state index in [1.54, 1.807) is 0 Å². The van der Waals surface area contributed by atoms with Crippen LogP contribution in [0.1, 0.15) is 5.56 Å². The van der Waals surface area contributed by atoms with Crippen LogP contribution >= 0.6 is 0 Å². The number of fused-ring (bicyclic) bond motifs is 1. The van der Waals surface area contributed by atoms with Crippen LogP contribution in [0.4, 0.5) is 4.39 Å². The first-order chi connectivity index (χ1) is 6.66. The van der Waals surface area contributed by atoms with Gasteiger partial charge in [0.25, 0.3) is 0 Å². The highest BCUT2D eigenvalue weighted by Gasteiger charge is 2.08. The molecular formula is C9H8FN3O. The van der Waals surface area contributed by atoms with Gasteiger partial charge in [-0.2, -0.15) is 5.10 Å². The molecule has 0 aliphatic carbocycles. The third-order valence-electron chi connectivity index (χ3n) is 1.96. The van der Waals surface area contributed by atoms with E-state index in [1.165, 1.54) is 18.3 Å². The quantitative estimate of drug-likeness (QED) is 0.738. The van der Waals surface area contributed by atoms with Gasteiger partial charge < -0.3 is 5.73 Å². The number of aromatic nitrogens is 2. The van der Waals surface area contributed by atoms with Gasteiger partial charge >= 0.3 is 0 Å². The zero-order valence-electron chi connectivity index (χ0n) is 7.25. The molecule has 0 aliphatic rings. The summed E-state index contributed by atoms with van der Waals surface area (Å²) in [6, 6.07) is 2.63. The third-order valence-corrected chi connectivity index (χ3v) is 1.96. The lowest BCUT2D eigenvalue weighted by molar-refractivity contribution is -0.117. The summed E-state index contributed by atoms with van der Waals surface area (Å²) >= 11 is 0. The monoisotopic (exact) mass is 193 g/mol. The zero-order valence-corrected chi connectivity index (χ0v) is 7.25. The fourth-order valence-electron chi connectivity index (χ4n) is 1.42. The van der Waals surface area contributed by atoms with Crippen LogP contribution in [0.15, 0.2) is 18.3 Å². The Morgan fingerprint density at radius 1 is 1.57 bits per heavy atom. The smallest absolute Gasteiger partial charge is 0.221 e. The molecule has 0 unspecified atom stereocenters. The second-order valence-electron chi connectivity index (χ2n) is 3.04. The highest BCUT2D eigenvalue weighted by atomic mass is 19.1. The molecule has 2 aromatic rings. The van der Waals surface area contributed by atoms with Crippen molar-refractivity contribution in [1.82, 2.24) is 10.2 Å². The summed E-state index contributed by atoms with van der Waals surface area (Å²) in [5.41, 5.74) is 6.23. The first-order valence-corrected chi connectivity index (χ1v) is 4.06. The van der Waals surface area contributed by atoms with Crippen molar-refractivity contribution in [2.45, 2.75) is 6.42 Å². The molecule has 1 amide bonds. The van der Waals surface area contributed by atoms with Crippen LogP contribution in [-0.4, -0.2) is 16.1 Å². The fraction of sp³-hybridized carbons (Fsp3) is 0.111. The normalized spacial score (nSPS) is 10.6. The number of aromatic amines is 1. The zero-order chi connectivity index (χ0) is 10.1. The van der Waals surface area contributed by atoms with Crippen molar-refractivity contribution in [3.8, 4) is 0 Å². The fourth-order valence-corrected chi connectivity index (χ4v) is 1.42. The SMILES string of the molecule is NC(=O)Cc1cc(F)cc2cn[nH]c12. The van der Waals surface area contributed by atoms with Crippen molar-refractivity contribution in [2.24, 2.45) is 5.73 Å². The minimum Gasteiger partial charge on any atom is -0.369 e. The number of H-pyrrole nitrogens is 1. The predicted molar refractivity (Wildman–Crippen MR) is 49.0 cm³/mol. The highest BCUT2D eigenvalue weighted by Crippen LogP contribution is 2.18. The standard InChI is InChI=1S/C9H8FN3O/c10-7-1-5(3-8(11)14)9-6(2-7)4-12-13-9/h1-2,4H,3H2,(H2,11,14)(H,12,13). The second kappa shape index (κ2) is 3.10. The van der Waals surface area contributed by atoms with Crippen LogP contribution in [0.3, 0.4) is 0 Å². The summed E-state index contributed by atoms with van der Waals surface area (Å²) in [7, 11) is 0. The molecule has 0 radical (unpaired) electrons. The van der Waals surface area contributed by atoms with Crippen molar-refractivity contribution in [2.75, 3.05) is 0 Å². The van der Waals surface area contributed by atoms with Crippen molar-refractivity contribution in [3.63, 3.8) is 0 Å². The van der Waals surface area contributed by atoms with E-state index in [-0.39, 0.29) is 6.42 Å². The Morgan fingerprint density at radius 2 is 2.36 bits per heavy atom. The number of hydrogen-bond acceptors (Lipinski definition) is 2. The van der Waals surface area contributed by atoms with Gasteiger partial charge in [0.15, 0.2) is 0 Å². The number of halogens is 1. The average molecular weight is 193 g/mol. The van der Waals surface area contributed by atoms with Gasteiger partial charge in [0, 0.05) is 5.39 Å². The Kier molecular flexibility index (Phi) is 1.92. The summed E-state index contributed by atoms with van der Waals surface area (Å²) in [6.07, 6.45) is 1.51. The number of nitrogens with zero attached hydrogens (tertiary/aromatic N) is 1. The van der Waals surface area contributed by atoms with Gasteiger partial charge in [-0.1, -0.05) is 0 Å². The number of nitrogens with one attached hydrogen (secondary N) is 1. The third kappa shape index (κ3) is 1.44. The maximum Gasteiger partial charge on any atom is 0.221 e. The van der Waals surface area contributed by atoms with Crippen LogP contribution in [-0.2, 0) is 11.2 Å². The van der Waals surface area contributed by atoms with Crippen molar-refractivity contribution in [3.05, 3.63) is 29.7 Å². The van der Waals surface area contributed by atoms with Gasteiger partial charge in [-0.05, 0) is 17.7 Å². The lowest BCUT2D eigenvalue weighted by Gasteiger charge is -1.99. The Labute approximate surface area is 78.9 Å². The molecule has 4 nitrogen and oxygen atoms in total. The van der Waals surface area contributed by atoms with Crippen molar-refractivity contribution < 1.29 is 9.18 Å². The number of nitrogens with two attached hydrogens (primary N) is 1. The molecule has 1 aromatic heterocycles. The highest BCUT2D eigenvalue weighted by molar-refractivity contribution is 5.86. The summed E-state index contributed by atoms with van der Waals surface area (Å²) in [5.74, 6) is -0.887. The molecule has 0 saturated carbocycles. The van der Waals surface area contributed by atoms with E-state index in [1.807, 2.05) is 0 Å². The van der Waals surface area contributed by atoms with Crippen LogP contribution in [0, 0.1) is 5.82 Å². The number of rotatable bonds is 2. The molecule has 0 saturated heterocycles. The van der Waals surface area contributed by atoms with Crippen LogP contribution in [0.25, 0.3) is 10.9 Å². The van der Waals surface area contributed by atoms with Gasteiger partial charge in [0.05, 0.1) is 18.1 Å². The minimum absolute atomic E-state index is 0.0104. The number of benzene rings is 1.